The third-order valence-corrected chi connectivity index (χ3v) is 2.71. The van der Waals surface area contributed by atoms with Gasteiger partial charge in [-0.3, -0.25) is 4.99 Å². The molecule has 0 heterocycles. The molecular formula is C18H27NO. The van der Waals surface area contributed by atoms with Crippen LogP contribution in [0.15, 0.2) is 29.3 Å². The quantitative estimate of drug-likeness (QED) is 0.641. The van der Waals surface area contributed by atoms with E-state index in [-0.39, 0.29) is 5.75 Å². The van der Waals surface area contributed by atoms with E-state index in [9.17, 15) is 5.11 Å². The Morgan fingerprint density at radius 2 is 1.50 bits per heavy atom. The van der Waals surface area contributed by atoms with Crippen molar-refractivity contribution in [3.8, 4) is 5.75 Å². The molecule has 0 spiro atoms. The Labute approximate surface area is 123 Å². The molecule has 20 heavy (non-hydrogen) atoms. The van der Waals surface area contributed by atoms with Crippen LogP contribution in [0, 0.1) is 13.8 Å². The van der Waals surface area contributed by atoms with Gasteiger partial charge in [0.25, 0.3) is 0 Å². The van der Waals surface area contributed by atoms with Crippen molar-refractivity contribution in [1.29, 1.82) is 0 Å². The van der Waals surface area contributed by atoms with Gasteiger partial charge in [0.1, 0.15) is 5.75 Å². The number of aliphatic imine (C=N–C) groups is 1. The number of aryl methyl sites for hydroxylation is 2. The first kappa shape index (κ1) is 18.2. The summed E-state index contributed by atoms with van der Waals surface area (Å²) in [4.78, 5) is 3.99. The molecule has 110 valence electrons. The number of phenolic OH excluding ortho intramolecular Hbond substituents is 1. The van der Waals surface area contributed by atoms with Crippen LogP contribution < -0.4 is 0 Å². The second-order valence-electron chi connectivity index (χ2n) is 4.42. The number of phenols is 1. The van der Waals surface area contributed by atoms with Gasteiger partial charge in [-0.05, 0) is 43.1 Å². The van der Waals surface area contributed by atoms with E-state index in [0.717, 1.165) is 27.6 Å². The Kier molecular flexibility index (Phi) is 8.30. The minimum absolute atomic E-state index is 0.265. The average Bonchev–Trinajstić information content (AvgIpc) is 2.46. The predicted octanol–water partition coefficient (Wildman–Crippen LogP) is 5.94. The number of hydrogen-bond acceptors (Lipinski definition) is 2. The van der Waals surface area contributed by atoms with E-state index in [1.807, 2.05) is 45.9 Å². The van der Waals surface area contributed by atoms with E-state index in [2.05, 4.69) is 25.6 Å². The van der Waals surface area contributed by atoms with Crippen LogP contribution in [0.5, 0.6) is 5.75 Å². The van der Waals surface area contributed by atoms with Crippen LogP contribution in [-0.2, 0) is 0 Å². The predicted molar refractivity (Wildman–Crippen MR) is 91.6 cm³/mol. The van der Waals surface area contributed by atoms with Gasteiger partial charge in [-0.2, -0.15) is 0 Å². The highest BCUT2D eigenvalue weighted by atomic mass is 16.3. The van der Waals surface area contributed by atoms with E-state index < -0.39 is 0 Å². The SMILES string of the molecule is C=Nc1c(C)ccc2c(C)ccc(O)c12.CC.CCC. The molecule has 0 unspecified atom stereocenters. The van der Waals surface area contributed by atoms with Gasteiger partial charge >= 0.3 is 0 Å². The van der Waals surface area contributed by atoms with Gasteiger partial charge in [-0.1, -0.05) is 52.3 Å². The van der Waals surface area contributed by atoms with Crippen LogP contribution >= 0.6 is 0 Å². The lowest BCUT2D eigenvalue weighted by atomic mass is 10.0. The Bertz CT molecular complexity index is 559. The molecule has 1 N–H and O–H groups in total. The highest BCUT2D eigenvalue weighted by molar-refractivity contribution is 6.00. The molecule has 2 aromatic carbocycles. The molecule has 2 heteroatoms. The lowest BCUT2D eigenvalue weighted by Gasteiger charge is -2.09. The molecule has 0 radical (unpaired) electrons. The van der Waals surface area contributed by atoms with Crippen molar-refractivity contribution >= 4 is 23.2 Å². The monoisotopic (exact) mass is 273 g/mol. The van der Waals surface area contributed by atoms with Crippen LogP contribution in [-0.4, -0.2) is 11.8 Å². The number of hydrogen-bond donors (Lipinski definition) is 1. The van der Waals surface area contributed by atoms with E-state index in [4.69, 9.17) is 0 Å². The van der Waals surface area contributed by atoms with E-state index in [1.54, 1.807) is 6.07 Å². The van der Waals surface area contributed by atoms with Crippen molar-refractivity contribution in [3.63, 3.8) is 0 Å². The molecule has 0 atom stereocenters. The summed E-state index contributed by atoms with van der Waals surface area (Å²) in [5.41, 5.74) is 2.93. The standard InChI is InChI=1S/C13H13NO.C3H8.C2H6/c1-8-5-7-11(15)12-10(8)6-4-9(2)13(12)14-3;1-3-2;1-2/h4-7,15H,3H2,1-2H3;3H2,1-2H3;1-2H3. The molecule has 0 saturated heterocycles. The molecule has 0 saturated carbocycles. The summed E-state index contributed by atoms with van der Waals surface area (Å²) < 4.78 is 0. The number of rotatable bonds is 1. The lowest BCUT2D eigenvalue weighted by molar-refractivity contribution is 0.481. The third-order valence-electron chi connectivity index (χ3n) is 2.71. The fraction of sp³-hybridized carbons (Fsp3) is 0.389. The Hall–Kier alpha value is -1.83. The van der Waals surface area contributed by atoms with E-state index in [1.165, 1.54) is 6.42 Å². The smallest absolute Gasteiger partial charge is 0.125 e. The Morgan fingerprint density at radius 3 is 2.00 bits per heavy atom. The first-order chi connectivity index (χ1) is 9.56. The van der Waals surface area contributed by atoms with Gasteiger partial charge in [-0.25, -0.2) is 0 Å². The lowest BCUT2D eigenvalue weighted by Crippen LogP contribution is -1.83. The van der Waals surface area contributed by atoms with E-state index >= 15 is 0 Å². The second-order valence-corrected chi connectivity index (χ2v) is 4.42. The van der Waals surface area contributed by atoms with Gasteiger partial charge in [0.15, 0.2) is 0 Å². The fourth-order valence-corrected chi connectivity index (χ4v) is 1.86. The fourth-order valence-electron chi connectivity index (χ4n) is 1.86. The highest BCUT2D eigenvalue weighted by Gasteiger charge is 2.08. The van der Waals surface area contributed by atoms with Gasteiger partial charge in [-0.15, -0.1) is 0 Å². The Balaban J connectivity index is 0.000000641. The minimum atomic E-state index is 0.265. The summed E-state index contributed by atoms with van der Waals surface area (Å²) in [5, 5.41) is 11.7. The molecule has 0 aromatic heterocycles. The molecule has 0 fully saturated rings. The highest BCUT2D eigenvalue weighted by Crippen LogP contribution is 2.37. The molecule has 0 aliphatic rings. The topological polar surface area (TPSA) is 32.6 Å². The number of fused-ring (bicyclic) bond motifs is 1. The van der Waals surface area contributed by atoms with Crippen molar-refractivity contribution in [3.05, 3.63) is 35.4 Å². The summed E-state index contributed by atoms with van der Waals surface area (Å²) in [6.07, 6.45) is 1.25. The van der Waals surface area contributed by atoms with Crippen molar-refractivity contribution in [1.82, 2.24) is 0 Å². The zero-order valence-electron chi connectivity index (χ0n) is 13.6. The van der Waals surface area contributed by atoms with Crippen LogP contribution in [0.1, 0.15) is 45.2 Å². The maximum absolute atomic E-state index is 9.84. The van der Waals surface area contributed by atoms with E-state index in [0.29, 0.717) is 0 Å². The summed E-state index contributed by atoms with van der Waals surface area (Å²) >= 11 is 0. The summed E-state index contributed by atoms with van der Waals surface area (Å²) in [5.74, 6) is 0.265. The normalized spacial score (nSPS) is 9.10. The van der Waals surface area contributed by atoms with Crippen LogP contribution in [0.4, 0.5) is 5.69 Å². The number of aromatic hydroxyl groups is 1. The first-order valence-corrected chi connectivity index (χ1v) is 7.25. The van der Waals surface area contributed by atoms with Crippen molar-refractivity contribution in [2.45, 2.75) is 48.0 Å². The van der Waals surface area contributed by atoms with Gasteiger partial charge < -0.3 is 5.11 Å². The molecular weight excluding hydrogens is 246 g/mol. The van der Waals surface area contributed by atoms with Gasteiger partial charge in [0, 0.05) is 5.39 Å². The maximum Gasteiger partial charge on any atom is 0.125 e. The maximum atomic E-state index is 9.84. The molecule has 0 bridgehead atoms. The van der Waals surface area contributed by atoms with Crippen molar-refractivity contribution < 1.29 is 5.11 Å². The summed E-state index contributed by atoms with van der Waals surface area (Å²) in [7, 11) is 0. The minimum Gasteiger partial charge on any atom is -0.507 e. The summed E-state index contributed by atoms with van der Waals surface area (Å²) in [6, 6.07) is 7.61. The Morgan fingerprint density at radius 1 is 1.00 bits per heavy atom. The summed E-state index contributed by atoms with van der Waals surface area (Å²) in [6.45, 7) is 15.8. The third kappa shape index (κ3) is 4.09. The number of benzene rings is 2. The molecule has 0 aliphatic heterocycles. The largest absolute Gasteiger partial charge is 0.507 e. The van der Waals surface area contributed by atoms with Crippen molar-refractivity contribution in [2.75, 3.05) is 0 Å². The molecule has 2 rings (SSSR count). The molecule has 0 amide bonds. The first-order valence-electron chi connectivity index (χ1n) is 7.25. The van der Waals surface area contributed by atoms with Gasteiger partial charge in [0.2, 0.25) is 0 Å². The zero-order valence-corrected chi connectivity index (χ0v) is 13.6. The zero-order chi connectivity index (χ0) is 15.7. The number of nitrogens with zero attached hydrogens (tertiary/aromatic N) is 1. The van der Waals surface area contributed by atoms with Gasteiger partial charge in [0.05, 0.1) is 5.69 Å². The van der Waals surface area contributed by atoms with Crippen LogP contribution in [0.3, 0.4) is 0 Å². The molecule has 0 aliphatic carbocycles. The van der Waals surface area contributed by atoms with Crippen molar-refractivity contribution in [2.24, 2.45) is 4.99 Å². The molecule has 2 aromatic rings. The van der Waals surface area contributed by atoms with Crippen LogP contribution in [0.25, 0.3) is 10.8 Å². The molecule has 2 nitrogen and oxygen atoms in total. The van der Waals surface area contributed by atoms with Crippen LogP contribution in [0.2, 0.25) is 0 Å². The average molecular weight is 273 g/mol. The second kappa shape index (κ2) is 9.13.